The maximum absolute atomic E-state index is 13.1. The van der Waals surface area contributed by atoms with Gasteiger partial charge in [0, 0.05) is 12.1 Å². The van der Waals surface area contributed by atoms with Crippen LogP contribution in [0.4, 0.5) is 13.2 Å². The van der Waals surface area contributed by atoms with Crippen molar-refractivity contribution in [1.29, 1.82) is 0 Å². The lowest BCUT2D eigenvalue weighted by Gasteiger charge is -2.12. The fourth-order valence-corrected chi connectivity index (χ4v) is 1.19. The van der Waals surface area contributed by atoms with Gasteiger partial charge in [0.2, 0.25) is 0 Å². The second kappa shape index (κ2) is 5.14. The minimum Gasteiger partial charge on any atom is -0.387 e. The Bertz CT molecular complexity index is 344. The fraction of sp³-hybridized carbons (Fsp3) is 0.400. The summed E-state index contributed by atoms with van der Waals surface area (Å²) in [5.74, 6) is -4.14. The van der Waals surface area contributed by atoms with E-state index in [9.17, 15) is 18.3 Å². The summed E-state index contributed by atoms with van der Waals surface area (Å²) in [7, 11) is 0. The monoisotopic (exact) mass is 219 g/mol. The SMILES string of the molecule is CCNCC(O)c1ccc(F)c(F)c1F. The average molecular weight is 219 g/mol. The largest absolute Gasteiger partial charge is 0.387 e. The van der Waals surface area contributed by atoms with Gasteiger partial charge in [-0.3, -0.25) is 0 Å². The normalized spacial score (nSPS) is 12.9. The third kappa shape index (κ3) is 2.70. The van der Waals surface area contributed by atoms with E-state index in [4.69, 9.17) is 0 Å². The van der Waals surface area contributed by atoms with E-state index in [1.165, 1.54) is 0 Å². The van der Waals surface area contributed by atoms with Gasteiger partial charge in [0.1, 0.15) is 0 Å². The van der Waals surface area contributed by atoms with Crippen molar-refractivity contribution < 1.29 is 18.3 Å². The number of nitrogens with one attached hydrogen (secondary N) is 1. The second-order valence-electron chi connectivity index (χ2n) is 3.09. The van der Waals surface area contributed by atoms with Crippen LogP contribution >= 0.6 is 0 Å². The molecule has 5 heteroatoms. The Kier molecular flexibility index (Phi) is 4.11. The predicted molar refractivity (Wildman–Crippen MR) is 49.8 cm³/mol. The summed E-state index contributed by atoms with van der Waals surface area (Å²) in [5, 5.41) is 12.2. The summed E-state index contributed by atoms with van der Waals surface area (Å²) in [6.07, 6.45) is -1.18. The van der Waals surface area contributed by atoms with Gasteiger partial charge in [-0.2, -0.15) is 0 Å². The minimum atomic E-state index is -1.55. The van der Waals surface area contributed by atoms with Crippen LogP contribution in [-0.4, -0.2) is 18.2 Å². The first-order valence-corrected chi connectivity index (χ1v) is 4.60. The van der Waals surface area contributed by atoms with Crippen molar-refractivity contribution in [3.8, 4) is 0 Å². The zero-order chi connectivity index (χ0) is 11.4. The lowest BCUT2D eigenvalue weighted by atomic mass is 10.1. The summed E-state index contributed by atoms with van der Waals surface area (Å²) in [5.41, 5.74) is -0.241. The van der Waals surface area contributed by atoms with Crippen molar-refractivity contribution >= 4 is 0 Å². The molecule has 0 aliphatic rings. The zero-order valence-corrected chi connectivity index (χ0v) is 8.23. The molecule has 0 spiro atoms. The summed E-state index contributed by atoms with van der Waals surface area (Å²) in [6.45, 7) is 2.51. The highest BCUT2D eigenvalue weighted by molar-refractivity contribution is 5.22. The van der Waals surface area contributed by atoms with Gasteiger partial charge < -0.3 is 10.4 Å². The van der Waals surface area contributed by atoms with Gasteiger partial charge >= 0.3 is 0 Å². The predicted octanol–water partition coefficient (Wildman–Crippen LogP) is 1.75. The van der Waals surface area contributed by atoms with Crippen LogP contribution in [0.5, 0.6) is 0 Å². The molecule has 1 atom stereocenters. The van der Waals surface area contributed by atoms with E-state index in [0.717, 1.165) is 12.1 Å². The number of hydrogen-bond acceptors (Lipinski definition) is 2. The van der Waals surface area contributed by atoms with Crippen molar-refractivity contribution in [2.45, 2.75) is 13.0 Å². The van der Waals surface area contributed by atoms with E-state index in [2.05, 4.69) is 5.32 Å². The first-order chi connectivity index (χ1) is 7.07. The Morgan fingerprint density at radius 3 is 2.53 bits per heavy atom. The lowest BCUT2D eigenvalue weighted by Crippen LogP contribution is -2.22. The molecule has 2 nitrogen and oxygen atoms in total. The van der Waals surface area contributed by atoms with Crippen LogP contribution in [0.25, 0.3) is 0 Å². The maximum atomic E-state index is 13.1. The molecule has 2 N–H and O–H groups in total. The number of hydrogen-bond donors (Lipinski definition) is 2. The molecule has 1 aromatic carbocycles. The van der Waals surface area contributed by atoms with Crippen molar-refractivity contribution in [2.24, 2.45) is 0 Å². The van der Waals surface area contributed by atoms with Gasteiger partial charge in [0.15, 0.2) is 17.5 Å². The Labute approximate surface area is 85.7 Å². The molecule has 15 heavy (non-hydrogen) atoms. The second-order valence-corrected chi connectivity index (χ2v) is 3.09. The molecule has 0 bridgehead atoms. The van der Waals surface area contributed by atoms with E-state index in [0.29, 0.717) is 6.54 Å². The van der Waals surface area contributed by atoms with Crippen molar-refractivity contribution in [3.05, 3.63) is 35.1 Å². The molecule has 1 rings (SSSR count). The highest BCUT2D eigenvalue weighted by Crippen LogP contribution is 2.20. The van der Waals surface area contributed by atoms with Gasteiger partial charge in [-0.15, -0.1) is 0 Å². The first-order valence-electron chi connectivity index (χ1n) is 4.60. The molecule has 84 valence electrons. The van der Waals surface area contributed by atoms with Crippen LogP contribution in [-0.2, 0) is 0 Å². The Hall–Kier alpha value is -1.07. The molecule has 0 amide bonds. The fourth-order valence-electron chi connectivity index (χ4n) is 1.19. The quantitative estimate of drug-likeness (QED) is 0.756. The molecule has 1 aromatic rings. The summed E-state index contributed by atoms with van der Waals surface area (Å²) in [4.78, 5) is 0. The molecule has 0 radical (unpaired) electrons. The van der Waals surface area contributed by atoms with E-state index in [-0.39, 0.29) is 12.1 Å². The van der Waals surface area contributed by atoms with Crippen molar-refractivity contribution in [3.63, 3.8) is 0 Å². The summed E-state index contributed by atoms with van der Waals surface area (Å²) >= 11 is 0. The Morgan fingerprint density at radius 2 is 1.93 bits per heavy atom. The molecular formula is C10H12F3NO. The van der Waals surface area contributed by atoms with Gasteiger partial charge in [-0.05, 0) is 12.6 Å². The number of halogens is 3. The smallest absolute Gasteiger partial charge is 0.194 e. The van der Waals surface area contributed by atoms with E-state index < -0.39 is 23.6 Å². The molecule has 0 aliphatic carbocycles. The van der Waals surface area contributed by atoms with Crippen LogP contribution < -0.4 is 5.32 Å². The van der Waals surface area contributed by atoms with Crippen molar-refractivity contribution in [1.82, 2.24) is 5.32 Å². The third-order valence-corrected chi connectivity index (χ3v) is 2.01. The average Bonchev–Trinajstić information content (AvgIpc) is 2.23. The lowest BCUT2D eigenvalue weighted by molar-refractivity contribution is 0.169. The summed E-state index contributed by atoms with van der Waals surface area (Å²) in [6, 6.07) is 1.83. The van der Waals surface area contributed by atoms with Crippen LogP contribution in [0.3, 0.4) is 0 Å². The number of aliphatic hydroxyl groups is 1. The van der Waals surface area contributed by atoms with Crippen molar-refractivity contribution in [2.75, 3.05) is 13.1 Å². The Balaban J connectivity index is 2.90. The van der Waals surface area contributed by atoms with Crippen LogP contribution in [0.2, 0.25) is 0 Å². The topological polar surface area (TPSA) is 32.3 Å². The molecule has 0 saturated heterocycles. The van der Waals surface area contributed by atoms with Gasteiger partial charge in [0.25, 0.3) is 0 Å². The highest BCUT2D eigenvalue weighted by Gasteiger charge is 2.18. The highest BCUT2D eigenvalue weighted by atomic mass is 19.2. The molecule has 0 saturated carbocycles. The van der Waals surface area contributed by atoms with Gasteiger partial charge in [0.05, 0.1) is 6.10 Å². The number of likely N-dealkylation sites (N-methyl/N-ethyl adjacent to an activating group) is 1. The van der Waals surface area contributed by atoms with E-state index in [1.807, 2.05) is 6.92 Å². The van der Waals surface area contributed by atoms with Crippen LogP contribution in [0.15, 0.2) is 12.1 Å². The number of rotatable bonds is 4. The summed E-state index contributed by atoms with van der Waals surface area (Å²) < 4.78 is 38.5. The molecule has 0 fully saturated rings. The molecular weight excluding hydrogens is 207 g/mol. The van der Waals surface area contributed by atoms with E-state index in [1.54, 1.807) is 0 Å². The molecule has 1 unspecified atom stereocenters. The number of benzene rings is 1. The van der Waals surface area contributed by atoms with Crippen LogP contribution in [0, 0.1) is 17.5 Å². The van der Waals surface area contributed by atoms with E-state index >= 15 is 0 Å². The van der Waals surface area contributed by atoms with Crippen LogP contribution in [0.1, 0.15) is 18.6 Å². The maximum Gasteiger partial charge on any atom is 0.194 e. The molecule has 0 heterocycles. The van der Waals surface area contributed by atoms with Gasteiger partial charge in [-0.25, -0.2) is 13.2 Å². The molecule has 0 aliphatic heterocycles. The Morgan fingerprint density at radius 1 is 1.27 bits per heavy atom. The standard InChI is InChI=1S/C10H12F3NO/c1-2-14-5-8(15)6-3-4-7(11)10(13)9(6)12/h3-4,8,14-15H,2,5H2,1H3. The minimum absolute atomic E-state index is 0.0957. The first kappa shape index (κ1) is 12.0. The number of aliphatic hydroxyl groups excluding tert-OH is 1. The third-order valence-electron chi connectivity index (χ3n) is 2.01. The molecule has 0 aromatic heterocycles. The zero-order valence-electron chi connectivity index (χ0n) is 8.23. The van der Waals surface area contributed by atoms with Gasteiger partial charge in [-0.1, -0.05) is 13.0 Å².